The summed E-state index contributed by atoms with van der Waals surface area (Å²) in [5.41, 5.74) is 2.05. The van der Waals surface area contributed by atoms with Crippen LogP contribution in [0.4, 0.5) is 0 Å². The van der Waals surface area contributed by atoms with Gasteiger partial charge in [0.15, 0.2) is 9.84 Å². The van der Waals surface area contributed by atoms with Crippen LogP contribution in [0.3, 0.4) is 0 Å². The lowest BCUT2D eigenvalue weighted by Crippen LogP contribution is -2.61. The lowest BCUT2D eigenvalue weighted by atomic mass is 10.0. The SMILES string of the molecule is Cc1ccccc1CC(=O)N1CCN(CCO)[C@@H]2CS(=O)(=O)C[C@@H]21. The van der Waals surface area contributed by atoms with Crippen molar-refractivity contribution in [2.75, 3.05) is 37.7 Å². The molecule has 0 aliphatic carbocycles. The molecule has 2 saturated heterocycles. The maximum absolute atomic E-state index is 12.8. The van der Waals surface area contributed by atoms with Crippen LogP contribution in [0.25, 0.3) is 0 Å². The first-order chi connectivity index (χ1) is 11.4. The first-order valence-electron chi connectivity index (χ1n) is 8.30. The Balaban J connectivity index is 1.78. The number of nitrogens with zero attached hydrogens (tertiary/aromatic N) is 2. The highest BCUT2D eigenvalue weighted by Gasteiger charge is 2.47. The van der Waals surface area contributed by atoms with Crippen molar-refractivity contribution in [3.05, 3.63) is 35.4 Å². The third-order valence-corrected chi connectivity index (χ3v) is 6.80. The van der Waals surface area contributed by atoms with E-state index in [1.54, 1.807) is 4.90 Å². The van der Waals surface area contributed by atoms with Gasteiger partial charge in [-0.25, -0.2) is 8.42 Å². The molecule has 2 heterocycles. The highest BCUT2D eigenvalue weighted by atomic mass is 32.2. The molecule has 0 aromatic heterocycles. The number of aryl methyl sites for hydroxylation is 1. The van der Waals surface area contributed by atoms with Gasteiger partial charge in [0.2, 0.25) is 5.91 Å². The molecule has 7 heteroatoms. The topological polar surface area (TPSA) is 77.9 Å². The largest absolute Gasteiger partial charge is 0.395 e. The Bertz CT molecular complexity index is 719. The van der Waals surface area contributed by atoms with E-state index < -0.39 is 9.84 Å². The van der Waals surface area contributed by atoms with Gasteiger partial charge in [0, 0.05) is 25.7 Å². The molecule has 1 N–H and O–H groups in total. The van der Waals surface area contributed by atoms with Crippen molar-refractivity contribution in [1.82, 2.24) is 9.80 Å². The van der Waals surface area contributed by atoms with Crippen LogP contribution in [0, 0.1) is 6.92 Å². The lowest BCUT2D eigenvalue weighted by Gasteiger charge is -2.43. The molecule has 2 fully saturated rings. The number of fused-ring (bicyclic) bond motifs is 1. The highest BCUT2D eigenvalue weighted by molar-refractivity contribution is 7.91. The van der Waals surface area contributed by atoms with Gasteiger partial charge in [-0.1, -0.05) is 24.3 Å². The molecule has 1 amide bonds. The Hall–Kier alpha value is -1.44. The van der Waals surface area contributed by atoms with E-state index >= 15 is 0 Å². The van der Waals surface area contributed by atoms with Gasteiger partial charge in [0.1, 0.15) is 0 Å². The van der Waals surface area contributed by atoms with E-state index in [0.29, 0.717) is 26.1 Å². The number of piperazine rings is 1. The summed E-state index contributed by atoms with van der Waals surface area (Å²) in [6.45, 7) is 3.56. The van der Waals surface area contributed by atoms with Crippen LogP contribution >= 0.6 is 0 Å². The molecule has 0 spiro atoms. The van der Waals surface area contributed by atoms with E-state index in [4.69, 9.17) is 0 Å². The molecule has 0 bridgehead atoms. The summed E-state index contributed by atoms with van der Waals surface area (Å²) < 4.78 is 24.2. The van der Waals surface area contributed by atoms with E-state index in [9.17, 15) is 18.3 Å². The van der Waals surface area contributed by atoms with Crippen LogP contribution in [0.15, 0.2) is 24.3 Å². The van der Waals surface area contributed by atoms with Crippen LogP contribution in [0.2, 0.25) is 0 Å². The van der Waals surface area contributed by atoms with Gasteiger partial charge in [0.25, 0.3) is 0 Å². The molecule has 1 aromatic rings. The summed E-state index contributed by atoms with van der Waals surface area (Å²) in [5.74, 6) is 0.0883. The number of sulfone groups is 1. The van der Waals surface area contributed by atoms with Gasteiger partial charge < -0.3 is 10.0 Å². The van der Waals surface area contributed by atoms with Gasteiger partial charge in [-0.2, -0.15) is 0 Å². The molecule has 0 unspecified atom stereocenters. The Morgan fingerprint density at radius 2 is 1.92 bits per heavy atom. The number of aliphatic hydroxyl groups is 1. The summed E-state index contributed by atoms with van der Waals surface area (Å²) >= 11 is 0. The maximum Gasteiger partial charge on any atom is 0.227 e. The second-order valence-electron chi connectivity index (χ2n) is 6.66. The number of aliphatic hydroxyl groups excluding tert-OH is 1. The zero-order valence-corrected chi connectivity index (χ0v) is 14.7. The third-order valence-electron chi connectivity index (χ3n) is 5.10. The van der Waals surface area contributed by atoms with Crippen molar-refractivity contribution in [2.45, 2.75) is 25.4 Å². The van der Waals surface area contributed by atoms with Crippen molar-refractivity contribution in [1.29, 1.82) is 0 Å². The molecule has 3 rings (SSSR count). The van der Waals surface area contributed by atoms with Crippen molar-refractivity contribution < 1.29 is 18.3 Å². The molecule has 132 valence electrons. The van der Waals surface area contributed by atoms with Crippen molar-refractivity contribution in [3.8, 4) is 0 Å². The first-order valence-corrected chi connectivity index (χ1v) is 10.1. The minimum absolute atomic E-state index is 0.000421. The Morgan fingerprint density at radius 3 is 2.62 bits per heavy atom. The normalized spacial score (nSPS) is 26.3. The first kappa shape index (κ1) is 17.4. The van der Waals surface area contributed by atoms with Crippen LogP contribution in [0.5, 0.6) is 0 Å². The van der Waals surface area contributed by atoms with Crippen molar-refractivity contribution in [2.24, 2.45) is 0 Å². The number of carbonyl (C=O) groups is 1. The molecule has 1 aromatic carbocycles. The van der Waals surface area contributed by atoms with E-state index in [-0.39, 0.29) is 36.1 Å². The van der Waals surface area contributed by atoms with Crippen LogP contribution < -0.4 is 0 Å². The summed E-state index contributed by atoms with van der Waals surface area (Å²) in [4.78, 5) is 16.6. The smallest absolute Gasteiger partial charge is 0.227 e. The quantitative estimate of drug-likeness (QED) is 0.815. The van der Waals surface area contributed by atoms with Gasteiger partial charge in [-0.3, -0.25) is 9.69 Å². The number of benzene rings is 1. The molecule has 2 atom stereocenters. The van der Waals surface area contributed by atoms with Crippen molar-refractivity contribution >= 4 is 15.7 Å². The fraction of sp³-hybridized carbons (Fsp3) is 0.588. The van der Waals surface area contributed by atoms with Crippen molar-refractivity contribution in [3.63, 3.8) is 0 Å². The summed E-state index contributed by atoms with van der Waals surface area (Å²) in [6, 6.07) is 7.28. The average Bonchev–Trinajstić information content (AvgIpc) is 2.85. The number of hydrogen-bond acceptors (Lipinski definition) is 5. The second kappa shape index (κ2) is 6.82. The van der Waals surface area contributed by atoms with E-state index in [0.717, 1.165) is 11.1 Å². The Morgan fingerprint density at radius 1 is 1.21 bits per heavy atom. The Labute approximate surface area is 143 Å². The standard InChI is InChI=1S/C17H24N2O4S/c1-13-4-2-3-5-14(13)10-17(21)19-7-6-18(8-9-20)15-11-24(22,23)12-16(15)19/h2-5,15-16,20H,6-12H2,1H3/t15-,16+/m1/s1. The van der Waals surface area contributed by atoms with E-state index in [1.165, 1.54) is 0 Å². The summed E-state index contributed by atoms with van der Waals surface area (Å²) in [7, 11) is -3.14. The molecular weight excluding hydrogens is 328 g/mol. The monoisotopic (exact) mass is 352 g/mol. The minimum Gasteiger partial charge on any atom is -0.395 e. The molecule has 6 nitrogen and oxygen atoms in total. The molecule has 2 aliphatic heterocycles. The average molecular weight is 352 g/mol. The third kappa shape index (κ3) is 3.48. The van der Waals surface area contributed by atoms with Gasteiger partial charge in [-0.05, 0) is 18.1 Å². The van der Waals surface area contributed by atoms with Crippen LogP contribution in [0.1, 0.15) is 11.1 Å². The number of rotatable bonds is 4. The van der Waals surface area contributed by atoms with Crippen LogP contribution in [-0.2, 0) is 21.1 Å². The predicted molar refractivity (Wildman–Crippen MR) is 91.5 cm³/mol. The van der Waals surface area contributed by atoms with Crippen LogP contribution in [-0.4, -0.2) is 79.1 Å². The maximum atomic E-state index is 12.8. The van der Waals surface area contributed by atoms with Gasteiger partial charge in [0.05, 0.1) is 30.6 Å². The fourth-order valence-electron chi connectivity index (χ4n) is 3.81. The van der Waals surface area contributed by atoms with E-state index in [1.807, 2.05) is 36.1 Å². The molecule has 24 heavy (non-hydrogen) atoms. The number of β-amino-alcohol motifs (C(OH)–C–C–N with tert-alkyl or cyclic N) is 1. The number of carbonyl (C=O) groups excluding carboxylic acids is 1. The zero-order chi connectivity index (χ0) is 17.3. The van der Waals surface area contributed by atoms with Gasteiger partial charge in [-0.15, -0.1) is 0 Å². The lowest BCUT2D eigenvalue weighted by molar-refractivity contribution is -0.136. The Kier molecular flexibility index (Phi) is 4.94. The second-order valence-corrected chi connectivity index (χ2v) is 8.82. The molecule has 0 radical (unpaired) electrons. The summed E-state index contributed by atoms with van der Waals surface area (Å²) in [6.07, 6.45) is 0.302. The summed E-state index contributed by atoms with van der Waals surface area (Å²) in [5, 5.41) is 9.20. The minimum atomic E-state index is -3.14. The molecule has 0 saturated carbocycles. The highest BCUT2D eigenvalue weighted by Crippen LogP contribution is 2.27. The number of hydrogen-bond donors (Lipinski definition) is 1. The zero-order valence-electron chi connectivity index (χ0n) is 13.9. The molecule has 2 aliphatic rings. The predicted octanol–water partition coefficient (Wildman–Crippen LogP) is -0.160. The molecular formula is C17H24N2O4S. The van der Waals surface area contributed by atoms with E-state index in [2.05, 4.69) is 0 Å². The van der Waals surface area contributed by atoms with Gasteiger partial charge >= 0.3 is 0 Å². The fourth-order valence-corrected chi connectivity index (χ4v) is 5.83. The number of amides is 1.